The van der Waals surface area contributed by atoms with E-state index in [9.17, 15) is 0 Å². The minimum absolute atomic E-state index is 0.673. The molecule has 6 heteroatoms. The maximum atomic E-state index is 4.42. The fourth-order valence-electron chi connectivity index (χ4n) is 3.06. The lowest BCUT2D eigenvalue weighted by Gasteiger charge is -2.40. The largest absolute Gasteiger partial charge is 0.361 e. The Bertz CT molecular complexity index is 607. The smallest absolute Gasteiger partial charge is 0.182 e. The Kier molecular flexibility index (Phi) is 3.47. The van der Waals surface area contributed by atoms with E-state index >= 15 is 0 Å². The van der Waals surface area contributed by atoms with Gasteiger partial charge in [0.1, 0.15) is 0 Å². The van der Waals surface area contributed by atoms with Crippen molar-refractivity contribution in [3.8, 4) is 0 Å². The highest BCUT2D eigenvalue weighted by molar-refractivity contribution is 7.13. The Labute approximate surface area is 128 Å². The predicted molar refractivity (Wildman–Crippen MR) is 85.0 cm³/mol. The Morgan fingerprint density at radius 1 is 1.24 bits per heavy atom. The van der Waals surface area contributed by atoms with Crippen molar-refractivity contribution < 1.29 is 0 Å². The van der Waals surface area contributed by atoms with Gasteiger partial charge in [0.25, 0.3) is 0 Å². The normalized spacial score (nSPS) is 18.2. The molecule has 1 fully saturated rings. The number of thiazole rings is 1. The van der Waals surface area contributed by atoms with Gasteiger partial charge in [0.15, 0.2) is 10.9 Å². The molecular formula is C15H19N5S. The summed E-state index contributed by atoms with van der Waals surface area (Å²) in [6.07, 6.45) is 6.65. The number of anilines is 2. The van der Waals surface area contributed by atoms with Crippen molar-refractivity contribution in [2.45, 2.75) is 25.7 Å². The van der Waals surface area contributed by atoms with Crippen LogP contribution in [-0.2, 0) is 12.8 Å². The van der Waals surface area contributed by atoms with Gasteiger partial charge >= 0.3 is 0 Å². The van der Waals surface area contributed by atoms with Crippen LogP contribution in [0.5, 0.6) is 0 Å². The van der Waals surface area contributed by atoms with Crippen molar-refractivity contribution in [3.63, 3.8) is 0 Å². The van der Waals surface area contributed by atoms with Gasteiger partial charge in [-0.15, -0.1) is 16.4 Å². The van der Waals surface area contributed by atoms with Crippen molar-refractivity contribution in [1.82, 2.24) is 15.2 Å². The van der Waals surface area contributed by atoms with Gasteiger partial charge in [0.2, 0.25) is 0 Å². The van der Waals surface area contributed by atoms with Crippen LogP contribution in [0.25, 0.3) is 0 Å². The second-order valence-corrected chi connectivity index (χ2v) is 6.77. The first-order valence-electron chi connectivity index (χ1n) is 7.62. The average Bonchev–Trinajstić information content (AvgIpc) is 2.99. The molecule has 0 radical (unpaired) electrons. The number of nitrogens with one attached hydrogen (secondary N) is 1. The van der Waals surface area contributed by atoms with Crippen LogP contribution in [0.4, 0.5) is 10.9 Å². The summed E-state index contributed by atoms with van der Waals surface area (Å²) in [5.74, 6) is 1.73. The summed E-state index contributed by atoms with van der Waals surface area (Å²) >= 11 is 1.65. The first-order valence-corrected chi connectivity index (χ1v) is 8.50. The van der Waals surface area contributed by atoms with Gasteiger partial charge in [-0.05, 0) is 37.3 Å². The summed E-state index contributed by atoms with van der Waals surface area (Å²) in [5, 5.41) is 15.2. The molecule has 0 atom stereocenters. The first kappa shape index (κ1) is 13.0. The molecular weight excluding hydrogens is 282 g/mol. The lowest BCUT2D eigenvalue weighted by Crippen LogP contribution is -2.50. The summed E-state index contributed by atoms with van der Waals surface area (Å²) in [5.41, 5.74) is 2.63. The van der Waals surface area contributed by atoms with E-state index in [-0.39, 0.29) is 0 Å². The third-order valence-corrected chi connectivity index (χ3v) is 5.04. The van der Waals surface area contributed by atoms with Crippen molar-refractivity contribution in [1.29, 1.82) is 0 Å². The van der Waals surface area contributed by atoms with E-state index in [1.165, 1.54) is 30.5 Å². The minimum atomic E-state index is 0.673. The van der Waals surface area contributed by atoms with E-state index in [2.05, 4.69) is 31.5 Å². The Balaban J connectivity index is 1.33. The van der Waals surface area contributed by atoms with Crippen LogP contribution in [0.3, 0.4) is 0 Å². The van der Waals surface area contributed by atoms with E-state index in [0.29, 0.717) is 5.92 Å². The van der Waals surface area contributed by atoms with Gasteiger partial charge < -0.3 is 10.2 Å². The van der Waals surface area contributed by atoms with E-state index < -0.39 is 0 Å². The van der Waals surface area contributed by atoms with E-state index in [1.54, 1.807) is 11.3 Å². The monoisotopic (exact) mass is 301 g/mol. The fraction of sp³-hybridized carbons (Fsp3) is 0.533. The lowest BCUT2D eigenvalue weighted by molar-refractivity contribution is 0.424. The Hall–Kier alpha value is -1.69. The van der Waals surface area contributed by atoms with Crippen LogP contribution in [0.2, 0.25) is 0 Å². The molecule has 0 amide bonds. The summed E-state index contributed by atoms with van der Waals surface area (Å²) in [7, 11) is 0. The zero-order valence-corrected chi connectivity index (χ0v) is 12.8. The first-order chi connectivity index (χ1) is 10.4. The number of nitrogens with zero attached hydrogens (tertiary/aromatic N) is 4. The SMILES string of the molecule is c1csc(NCC2CN(c3cc4c(nn3)CCCC4)C2)n1. The van der Waals surface area contributed by atoms with Gasteiger partial charge in [-0.3, -0.25) is 0 Å². The van der Waals surface area contributed by atoms with E-state index in [0.717, 1.165) is 37.0 Å². The molecule has 1 aliphatic carbocycles. The molecule has 2 aliphatic rings. The third kappa shape index (κ3) is 2.72. The van der Waals surface area contributed by atoms with Crippen LogP contribution in [0, 0.1) is 5.92 Å². The van der Waals surface area contributed by atoms with Crippen LogP contribution >= 0.6 is 11.3 Å². The molecule has 3 heterocycles. The fourth-order valence-corrected chi connectivity index (χ4v) is 3.60. The molecule has 21 heavy (non-hydrogen) atoms. The second kappa shape index (κ2) is 5.60. The highest BCUT2D eigenvalue weighted by Gasteiger charge is 2.28. The average molecular weight is 301 g/mol. The summed E-state index contributed by atoms with van der Waals surface area (Å²) in [6, 6.07) is 2.26. The van der Waals surface area contributed by atoms with Crippen molar-refractivity contribution in [2.24, 2.45) is 5.92 Å². The summed E-state index contributed by atoms with van der Waals surface area (Å²) in [4.78, 5) is 6.57. The summed E-state index contributed by atoms with van der Waals surface area (Å²) in [6.45, 7) is 3.11. The van der Waals surface area contributed by atoms with Crippen molar-refractivity contribution >= 4 is 22.3 Å². The molecule has 0 unspecified atom stereocenters. The highest BCUT2D eigenvalue weighted by atomic mass is 32.1. The Morgan fingerprint density at radius 2 is 2.14 bits per heavy atom. The van der Waals surface area contributed by atoms with Crippen LogP contribution in [-0.4, -0.2) is 34.8 Å². The molecule has 5 nitrogen and oxygen atoms in total. The number of rotatable bonds is 4. The molecule has 0 saturated carbocycles. The number of aryl methyl sites for hydroxylation is 2. The zero-order chi connectivity index (χ0) is 14.1. The van der Waals surface area contributed by atoms with Crippen LogP contribution < -0.4 is 10.2 Å². The molecule has 0 aromatic carbocycles. The lowest BCUT2D eigenvalue weighted by atomic mass is 9.95. The molecule has 1 N–H and O–H groups in total. The van der Waals surface area contributed by atoms with Gasteiger partial charge in [0, 0.05) is 37.1 Å². The molecule has 0 spiro atoms. The number of hydrogen-bond donors (Lipinski definition) is 1. The number of aromatic nitrogens is 3. The molecule has 2 aromatic heterocycles. The van der Waals surface area contributed by atoms with Gasteiger partial charge in [0.05, 0.1) is 5.69 Å². The van der Waals surface area contributed by atoms with Gasteiger partial charge in [-0.2, -0.15) is 5.10 Å². The minimum Gasteiger partial charge on any atom is -0.361 e. The molecule has 2 aromatic rings. The van der Waals surface area contributed by atoms with E-state index in [1.807, 2.05) is 11.6 Å². The van der Waals surface area contributed by atoms with E-state index in [4.69, 9.17) is 0 Å². The molecule has 4 rings (SSSR count). The number of fused-ring (bicyclic) bond motifs is 1. The zero-order valence-electron chi connectivity index (χ0n) is 12.0. The van der Waals surface area contributed by atoms with Gasteiger partial charge in [-0.25, -0.2) is 4.98 Å². The number of hydrogen-bond acceptors (Lipinski definition) is 6. The van der Waals surface area contributed by atoms with Crippen molar-refractivity contribution in [2.75, 3.05) is 29.9 Å². The van der Waals surface area contributed by atoms with Crippen LogP contribution in [0.1, 0.15) is 24.1 Å². The van der Waals surface area contributed by atoms with Crippen LogP contribution in [0.15, 0.2) is 17.6 Å². The standard InChI is InChI=1S/C15H19N5S/c1-2-4-13-12(3-1)7-14(19-18-13)20-9-11(10-20)8-17-15-16-5-6-21-15/h5-7,11H,1-4,8-10H2,(H,16,17). The molecule has 0 bridgehead atoms. The Morgan fingerprint density at radius 3 is 3.00 bits per heavy atom. The summed E-state index contributed by atoms with van der Waals surface area (Å²) < 4.78 is 0. The van der Waals surface area contributed by atoms with Gasteiger partial charge in [-0.1, -0.05) is 0 Å². The molecule has 1 saturated heterocycles. The third-order valence-electron chi connectivity index (χ3n) is 4.31. The molecule has 1 aliphatic heterocycles. The maximum Gasteiger partial charge on any atom is 0.182 e. The topological polar surface area (TPSA) is 53.9 Å². The predicted octanol–water partition coefficient (Wildman–Crippen LogP) is 2.36. The van der Waals surface area contributed by atoms with Crippen molar-refractivity contribution in [3.05, 3.63) is 28.9 Å². The maximum absolute atomic E-state index is 4.42. The second-order valence-electron chi connectivity index (χ2n) is 5.87. The quantitative estimate of drug-likeness (QED) is 0.939. The molecule has 110 valence electrons. The highest BCUT2D eigenvalue weighted by Crippen LogP contribution is 2.27.